The van der Waals surface area contributed by atoms with Gasteiger partial charge in [0.2, 0.25) is 0 Å². The van der Waals surface area contributed by atoms with E-state index in [1.165, 1.54) is 18.0 Å². The lowest BCUT2D eigenvalue weighted by atomic mass is 9.84. The van der Waals surface area contributed by atoms with E-state index < -0.39 is 8.07 Å². The number of benzene rings is 1. The van der Waals surface area contributed by atoms with Crippen LogP contribution in [-0.2, 0) is 0 Å². The van der Waals surface area contributed by atoms with Crippen LogP contribution in [0.15, 0.2) is 36.4 Å². The molecule has 21 heavy (non-hydrogen) atoms. The molecule has 0 saturated heterocycles. The third-order valence-corrected chi connectivity index (χ3v) is 13.6. The molecule has 1 unspecified atom stereocenters. The molecule has 1 aromatic rings. The summed E-state index contributed by atoms with van der Waals surface area (Å²) in [5.41, 5.74) is 5.64. The molecule has 0 bridgehead atoms. The Morgan fingerprint density at radius 1 is 0.905 bits per heavy atom. The number of hydrogen-bond donors (Lipinski definition) is 0. The Morgan fingerprint density at radius 3 is 1.81 bits per heavy atom. The van der Waals surface area contributed by atoms with Gasteiger partial charge in [-0.05, 0) is 29.5 Å². The summed E-state index contributed by atoms with van der Waals surface area (Å²) in [4.78, 5) is 0. The second-order valence-corrected chi connectivity index (χ2v) is 13.9. The van der Waals surface area contributed by atoms with Crippen LogP contribution in [0.4, 0.5) is 0 Å². The Balaban J connectivity index is 2.13. The van der Waals surface area contributed by atoms with Crippen LogP contribution in [0.3, 0.4) is 0 Å². The molecule has 1 atom stereocenters. The summed E-state index contributed by atoms with van der Waals surface area (Å²) in [5.74, 6) is 0.832. The van der Waals surface area contributed by atoms with Crippen LogP contribution < -0.4 is 0 Å². The summed E-state index contributed by atoms with van der Waals surface area (Å²) in [7, 11) is -1.24. The van der Waals surface area contributed by atoms with Gasteiger partial charge in [0.25, 0.3) is 0 Å². The lowest BCUT2D eigenvalue weighted by Crippen LogP contribution is -2.46. The van der Waals surface area contributed by atoms with E-state index in [2.05, 4.69) is 78.0 Å². The maximum absolute atomic E-state index is 2.56. The monoisotopic (exact) mass is 300 g/mol. The zero-order chi connectivity index (χ0) is 15.6. The quantitative estimate of drug-likeness (QED) is 0.509. The lowest BCUT2D eigenvalue weighted by Gasteiger charge is -2.46. The van der Waals surface area contributed by atoms with Gasteiger partial charge in [0.1, 0.15) is 0 Å². The summed E-state index contributed by atoms with van der Waals surface area (Å²) < 4.78 is 0. The molecule has 0 spiro atoms. The van der Waals surface area contributed by atoms with Gasteiger partial charge >= 0.3 is 0 Å². The minimum Gasteiger partial charge on any atom is -0.0775 e. The first-order valence-corrected chi connectivity index (χ1v) is 11.1. The Morgan fingerprint density at radius 2 is 1.38 bits per heavy atom. The summed E-state index contributed by atoms with van der Waals surface area (Å²) >= 11 is 0. The van der Waals surface area contributed by atoms with Crippen molar-refractivity contribution in [2.75, 3.05) is 0 Å². The molecule has 1 heteroatoms. The largest absolute Gasteiger partial charge is 0.0775 e. The van der Waals surface area contributed by atoms with Gasteiger partial charge in [-0.3, -0.25) is 0 Å². The Hall–Kier alpha value is -0.823. The number of allylic oxidation sites excluding steroid dienone is 2. The molecule has 0 heterocycles. The van der Waals surface area contributed by atoms with Gasteiger partial charge in [-0.2, -0.15) is 0 Å². The molecule has 0 nitrogen and oxygen atoms in total. The summed E-state index contributed by atoms with van der Waals surface area (Å²) in [6, 6.07) is 12.4. The van der Waals surface area contributed by atoms with Crippen LogP contribution in [0.1, 0.15) is 53.5 Å². The zero-order valence-electron chi connectivity index (χ0n) is 14.7. The molecule has 1 aliphatic carbocycles. The summed E-state index contributed by atoms with van der Waals surface area (Å²) in [6.45, 7) is 14.9. The molecule has 0 amide bonds. The maximum atomic E-state index is 2.56. The predicted octanol–water partition coefficient (Wildman–Crippen LogP) is 6.77. The third kappa shape index (κ3) is 3.18. The van der Waals surface area contributed by atoms with Crippen molar-refractivity contribution in [2.45, 2.75) is 70.6 Å². The van der Waals surface area contributed by atoms with Gasteiger partial charge in [0.15, 0.2) is 0 Å². The van der Waals surface area contributed by atoms with Gasteiger partial charge in [-0.25, -0.2) is 0 Å². The molecule has 0 aromatic heterocycles. The molecule has 1 aliphatic rings. The van der Waals surface area contributed by atoms with Crippen molar-refractivity contribution in [1.29, 1.82) is 0 Å². The van der Waals surface area contributed by atoms with Crippen molar-refractivity contribution >= 4 is 13.6 Å². The lowest BCUT2D eigenvalue weighted by molar-refractivity contribution is 0.651. The second kappa shape index (κ2) is 6.52. The first-order valence-electron chi connectivity index (χ1n) is 8.64. The van der Waals surface area contributed by atoms with Crippen molar-refractivity contribution in [3.63, 3.8) is 0 Å². The number of hydrogen-bond acceptors (Lipinski definition) is 0. The highest BCUT2D eigenvalue weighted by Gasteiger charge is 2.44. The Bertz CT molecular complexity index is 460. The van der Waals surface area contributed by atoms with E-state index in [1.807, 2.05) is 0 Å². The molecule has 2 rings (SSSR count). The van der Waals surface area contributed by atoms with Crippen molar-refractivity contribution in [3.8, 4) is 0 Å². The Labute approximate surface area is 132 Å². The normalized spacial score (nSPS) is 19.1. The van der Waals surface area contributed by atoms with Gasteiger partial charge < -0.3 is 0 Å². The van der Waals surface area contributed by atoms with Crippen molar-refractivity contribution < 1.29 is 0 Å². The molecule has 1 aromatic carbocycles. The fraction of sp³-hybridized carbons (Fsp3) is 0.600. The van der Waals surface area contributed by atoms with E-state index in [0.29, 0.717) is 0 Å². The van der Waals surface area contributed by atoms with Crippen LogP contribution in [0.5, 0.6) is 0 Å². The first kappa shape index (κ1) is 16.5. The van der Waals surface area contributed by atoms with E-state index >= 15 is 0 Å². The van der Waals surface area contributed by atoms with Gasteiger partial charge in [-0.1, -0.05) is 94.6 Å². The Kier molecular flexibility index (Phi) is 5.14. The van der Waals surface area contributed by atoms with E-state index in [1.54, 1.807) is 5.57 Å². The van der Waals surface area contributed by atoms with E-state index in [4.69, 9.17) is 0 Å². The van der Waals surface area contributed by atoms with Crippen LogP contribution in [0, 0.1) is 5.92 Å². The topological polar surface area (TPSA) is 0 Å². The van der Waals surface area contributed by atoms with E-state index in [9.17, 15) is 0 Å². The average Bonchev–Trinajstić information content (AvgIpc) is 2.37. The fourth-order valence-electron chi connectivity index (χ4n) is 4.69. The molecule has 0 fully saturated rings. The van der Waals surface area contributed by atoms with Crippen LogP contribution in [-0.4, -0.2) is 8.07 Å². The van der Waals surface area contributed by atoms with E-state index in [-0.39, 0.29) is 0 Å². The van der Waals surface area contributed by atoms with Gasteiger partial charge in [-0.15, -0.1) is 0 Å². The summed E-state index contributed by atoms with van der Waals surface area (Å²) in [5, 5.41) is 0. The highest BCUT2D eigenvalue weighted by molar-refractivity contribution is 6.83. The molecule has 0 radical (unpaired) electrons. The summed E-state index contributed by atoms with van der Waals surface area (Å²) in [6.07, 6.45) is 3.86. The van der Waals surface area contributed by atoms with Gasteiger partial charge in [0, 0.05) is 0 Å². The molecule has 0 N–H and O–H groups in total. The van der Waals surface area contributed by atoms with E-state index in [0.717, 1.165) is 22.5 Å². The second-order valence-electron chi connectivity index (χ2n) is 7.80. The molecular formula is C20H32Si. The zero-order valence-corrected chi connectivity index (χ0v) is 15.7. The highest BCUT2D eigenvalue weighted by atomic mass is 28.3. The average molecular weight is 301 g/mol. The standard InChI is InChI=1S/C20H32Si/c1-15(2)21(16(3)4,17(5)6)14-18-12-20(13-18)19-10-8-7-9-11-19/h7-12,15-18H,13-14H2,1-6H3. The van der Waals surface area contributed by atoms with Crippen molar-refractivity contribution in [3.05, 3.63) is 42.0 Å². The van der Waals surface area contributed by atoms with Crippen molar-refractivity contribution in [2.24, 2.45) is 5.92 Å². The van der Waals surface area contributed by atoms with Crippen LogP contribution in [0.2, 0.25) is 22.7 Å². The SMILES string of the molecule is CC(C)[Si](CC1C=C(c2ccccc2)C1)(C(C)C)C(C)C. The fourth-order valence-corrected chi connectivity index (χ4v) is 11.3. The molecule has 0 saturated carbocycles. The third-order valence-electron chi connectivity index (χ3n) is 5.90. The maximum Gasteiger partial charge on any atom is 0.0618 e. The molecular weight excluding hydrogens is 268 g/mol. The smallest absolute Gasteiger partial charge is 0.0618 e. The van der Waals surface area contributed by atoms with Crippen molar-refractivity contribution in [1.82, 2.24) is 0 Å². The van der Waals surface area contributed by atoms with Gasteiger partial charge in [0.05, 0.1) is 8.07 Å². The highest BCUT2D eigenvalue weighted by Crippen LogP contribution is 2.50. The predicted molar refractivity (Wildman–Crippen MR) is 98.4 cm³/mol. The van der Waals surface area contributed by atoms with Crippen LogP contribution in [0.25, 0.3) is 5.57 Å². The molecule has 0 aliphatic heterocycles. The van der Waals surface area contributed by atoms with Crippen LogP contribution >= 0.6 is 0 Å². The number of rotatable bonds is 6. The first-order chi connectivity index (χ1) is 9.87. The minimum atomic E-state index is -1.24. The minimum absolute atomic E-state index is 0.832. The molecule has 116 valence electrons.